The zero-order valence-electron chi connectivity index (χ0n) is 12.3. The summed E-state index contributed by atoms with van der Waals surface area (Å²) in [5, 5.41) is 3.50. The summed E-state index contributed by atoms with van der Waals surface area (Å²) in [5.41, 5.74) is 3.85. The molecule has 0 saturated carbocycles. The lowest BCUT2D eigenvalue weighted by Gasteiger charge is -2.21. The highest BCUT2D eigenvalue weighted by Crippen LogP contribution is 2.31. The van der Waals surface area contributed by atoms with Crippen LogP contribution in [-0.4, -0.2) is 6.54 Å². The molecule has 4 heteroatoms. The molecule has 2 rings (SSSR count). The van der Waals surface area contributed by atoms with E-state index in [0.717, 1.165) is 17.2 Å². The lowest BCUT2D eigenvalue weighted by Crippen LogP contribution is -2.22. The molecule has 112 valence electrons. The maximum Gasteiger partial charge on any atom is 0.160 e. The largest absolute Gasteiger partial charge is 0.306 e. The summed E-state index contributed by atoms with van der Waals surface area (Å²) in [6, 6.07) is 7.96. The third-order valence-corrected chi connectivity index (χ3v) is 3.95. The van der Waals surface area contributed by atoms with Crippen molar-refractivity contribution < 1.29 is 8.78 Å². The molecule has 21 heavy (non-hydrogen) atoms. The van der Waals surface area contributed by atoms with Crippen molar-refractivity contribution in [3.63, 3.8) is 0 Å². The van der Waals surface area contributed by atoms with E-state index >= 15 is 0 Å². The molecule has 2 aromatic carbocycles. The van der Waals surface area contributed by atoms with Crippen molar-refractivity contribution in [1.29, 1.82) is 0 Å². The van der Waals surface area contributed by atoms with E-state index in [-0.39, 0.29) is 11.1 Å². The Morgan fingerprint density at radius 3 is 2.33 bits per heavy atom. The van der Waals surface area contributed by atoms with Gasteiger partial charge in [-0.3, -0.25) is 0 Å². The van der Waals surface area contributed by atoms with Crippen LogP contribution in [0.2, 0.25) is 5.02 Å². The number of aryl methyl sites for hydroxylation is 2. The van der Waals surface area contributed by atoms with Crippen molar-refractivity contribution in [2.45, 2.75) is 26.8 Å². The fraction of sp³-hybridized carbons (Fsp3) is 0.294. The van der Waals surface area contributed by atoms with Gasteiger partial charge in [0.05, 0.1) is 6.04 Å². The molecule has 1 unspecified atom stereocenters. The highest BCUT2D eigenvalue weighted by atomic mass is 35.5. The first kappa shape index (κ1) is 15.9. The molecule has 2 aromatic rings. The Labute approximate surface area is 128 Å². The van der Waals surface area contributed by atoms with E-state index in [4.69, 9.17) is 11.6 Å². The van der Waals surface area contributed by atoms with Gasteiger partial charge < -0.3 is 5.32 Å². The molecule has 0 amide bonds. The van der Waals surface area contributed by atoms with Gasteiger partial charge in [-0.25, -0.2) is 8.78 Å². The van der Waals surface area contributed by atoms with E-state index < -0.39 is 11.6 Å². The highest BCUT2D eigenvalue weighted by Gasteiger charge is 2.19. The van der Waals surface area contributed by atoms with Crippen LogP contribution in [0, 0.1) is 25.5 Å². The summed E-state index contributed by atoms with van der Waals surface area (Å²) in [6.07, 6.45) is 0. The standard InChI is InChI=1S/C17H18ClF2N/c1-4-21-17(12-6-5-10(2)11(3)7-12)13-8-15(19)16(20)9-14(13)18/h5-9,17,21H,4H2,1-3H3. The Hall–Kier alpha value is -1.45. The molecule has 0 bridgehead atoms. The van der Waals surface area contributed by atoms with Crippen molar-refractivity contribution in [2.75, 3.05) is 6.54 Å². The van der Waals surface area contributed by atoms with Gasteiger partial charge in [-0.1, -0.05) is 36.7 Å². The van der Waals surface area contributed by atoms with Crippen molar-refractivity contribution in [3.8, 4) is 0 Å². The summed E-state index contributed by atoms with van der Waals surface area (Å²) < 4.78 is 26.8. The monoisotopic (exact) mass is 309 g/mol. The Morgan fingerprint density at radius 1 is 1.05 bits per heavy atom. The molecule has 0 saturated heterocycles. The lowest BCUT2D eigenvalue weighted by atomic mass is 9.95. The number of rotatable bonds is 4. The number of hydrogen-bond acceptors (Lipinski definition) is 1. The zero-order valence-corrected chi connectivity index (χ0v) is 13.1. The van der Waals surface area contributed by atoms with Crippen LogP contribution in [0.3, 0.4) is 0 Å². The second-order valence-electron chi connectivity index (χ2n) is 5.12. The summed E-state index contributed by atoms with van der Waals surface area (Å²) in [6.45, 7) is 6.70. The zero-order chi connectivity index (χ0) is 15.6. The molecule has 0 aliphatic heterocycles. The van der Waals surface area contributed by atoms with Gasteiger partial charge in [0, 0.05) is 5.02 Å². The fourth-order valence-corrected chi connectivity index (χ4v) is 2.57. The van der Waals surface area contributed by atoms with Crippen LogP contribution < -0.4 is 5.32 Å². The Kier molecular flexibility index (Phi) is 4.96. The molecule has 0 radical (unpaired) electrons. The summed E-state index contributed by atoms with van der Waals surface area (Å²) >= 11 is 6.11. The predicted octanol–water partition coefficient (Wildman–Crippen LogP) is 4.93. The molecule has 0 fully saturated rings. The van der Waals surface area contributed by atoms with Gasteiger partial charge in [0.25, 0.3) is 0 Å². The van der Waals surface area contributed by atoms with Gasteiger partial charge in [-0.2, -0.15) is 0 Å². The Bertz CT molecular complexity index is 655. The van der Waals surface area contributed by atoms with E-state index in [9.17, 15) is 8.78 Å². The average molecular weight is 310 g/mol. The van der Waals surface area contributed by atoms with Crippen molar-refractivity contribution in [1.82, 2.24) is 5.32 Å². The SMILES string of the molecule is CCNC(c1ccc(C)c(C)c1)c1cc(F)c(F)cc1Cl. The summed E-state index contributed by atoms with van der Waals surface area (Å²) in [4.78, 5) is 0. The summed E-state index contributed by atoms with van der Waals surface area (Å²) in [7, 11) is 0. The molecule has 1 N–H and O–H groups in total. The van der Waals surface area contributed by atoms with E-state index in [0.29, 0.717) is 12.1 Å². The van der Waals surface area contributed by atoms with Crippen LogP contribution in [0.25, 0.3) is 0 Å². The van der Waals surface area contributed by atoms with Crippen LogP contribution in [-0.2, 0) is 0 Å². The number of hydrogen-bond donors (Lipinski definition) is 1. The maximum absolute atomic E-state index is 13.6. The third-order valence-electron chi connectivity index (χ3n) is 3.62. The predicted molar refractivity (Wildman–Crippen MR) is 82.8 cm³/mol. The minimum atomic E-state index is -0.931. The van der Waals surface area contributed by atoms with Crippen LogP contribution in [0.15, 0.2) is 30.3 Å². The number of benzene rings is 2. The molecule has 1 atom stereocenters. The van der Waals surface area contributed by atoms with E-state index in [1.54, 1.807) is 0 Å². The molecule has 0 heterocycles. The number of halogens is 3. The number of nitrogens with one attached hydrogen (secondary N) is 1. The van der Waals surface area contributed by atoms with Crippen LogP contribution in [0.5, 0.6) is 0 Å². The van der Waals surface area contributed by atoms with Crippen molar-refractivity contribution in [2.24, 2.45) is 0 Å². The first-order chi connectivity index (χ1) is 9.93. The highest BCUT2D eigenvalue weighted by molar-refractivity contribution is 6.31. The van der Waals surface area contributed by atoms with Crippen LogP contribution in [0.4, 0.5) is 8.78 Å². The first-order valence-corrected chi connectivity index (χ1v) is 7.26. The van der Waals surface area contributed by atoms with Gasteiger partial charge in [0.15, 0.2) is 11.6 Å². The van der Waals surface area contributed by atoms with E-state index in [1.807, 2.05) is 39.0 Å². The third kappa shape index (κ3) is 3.42. The molecule has 0 aromatic heterocycles. The molecular formula is C17H18ClF2N. The Balaban J connectivity index is 2.52. The van der Waals surface area contributed by atoms with Crippen molar-refractivity contribution in [3.05, 3.63) is 69.2 Å². The molecule has 1 nitrogen and oxygen atoms in total. The minimum Gasteiger partial charge on any atom is -0.306 e. The van der Waals surface area contributed by atoms with Gasteiger partial charge in [0.2, 0.25) is 0 Å². The van der Waals surface area contributed by atoms with Gasteiger partial charge >= 0.3 is 0 Å². The molecular weight excluding hydrogens is 292 g/mol. The fourth-order valence-electron chi connectivity index (χ4n) is 2.31. The lowest BCUT2D eigenvalue weighted by molar-refractivity contribution is 0.504. The minimum absolute atomic E-state index is 0.220. The quantitative estimate of drug-likeness (QED) is 0.789. The maximum atomic E-state index is 13.6. The van der Waals surface area contributed by atoms with Gasteiger partial charge in [-0.15, -0.1) is 0 Å². The second-order valence-corrected chi connectivity index (χ2v) is 5.53. The molecule has 0 spiro atoms. The van der Waals surface area contributed by atoms with Crippen molar-refractivity contribution >= 4 is 11.6 Å². The molecule has 0 aliphatic carbocycles. The molecule has 0 aliphatic rings. The van der Waals surface area contributed by atoms with E-state index in [1.165, 1.54) is 11.6 Å². The average Bonchev–Trinajstić information content (AvgIpc) is 2.44. The first-order valence-electron chi connectivity index (χ1n) is 6.89. The second kappa shape index (κ2) is 6.54. The van der Waals surface area contributed by atoms with Crippen LogP contribution in [0.1, 0.15) is 35.2 Å². The van der Waals surface area contributed by atoms with E-state index in [2.05, 4.69) is 5.32 Å². The normalized spacial score (nSPS) is 12.5. The van der Waals surface area contributed by atoms with Crippen LogP contribution >= 0.6 is 11.6 Å². The summed E-state index contributed by atoms with van der Waals surface area (Å²) in [5.74, 6) is -1.82. The smallest absolute Gasteiger partial charge is 0.160 e. The van der Waals surface area contributed by atoms with Gasteiger partial charge in [0.1, 0.15) is 0 Å². The Morgan fingerprint density at radius 2 is 1.71 bits per heavy atom. The van der Waals surface area contributed by atoms with Gasteiger partial charge in [-0.05, 0) is 54.8 Å². The topological polar surface area (TPSA) is 12.0 Å².